The Kier molecular flexibility index (Phi) is 3.43. The van der Waals surface area contributed by atoms with Crippen LogP contribution in [0, 0.1) is 10.1 Å². The minimum Gasteiger partial charge on any atom is -0.306 e. The first-order valence-electron chi connectivity index (χ1n) is 4.97. The van der Waals surface area contributed by atoms with Crippen molar-refractivity contribution in [3.05, 3.63) is 52.6 Å². The zero-order valence-electron chi connectivity index (χ0n) is 9.24. The molecule has 0 atom stereocenters. The molecule has 0 saturated heterocycles. The van der Waals surface area contributed by atoms with E-state index < -0.39 is 0 Å². The Hall–Kier alpha value is -1.82. The fourth-order valence-electron chi connectivity index (χ4n) is 1.67. The van der Waals surface area contributed by atoms with E-state index in [-0.39, 0.29) is 10.6 Å². The fraction of sp³-hybridized carbons (Fsp3) is 0.182. The molecule has 17 heavy (non-hydrogen) atoms. The largest absolute Gasteiger partial charge is 0.306 e. The van der Waals surface area contributed by atoms with E-state index in [1.54, 1.807) is 41.1 Å². The van der Waals surface area contributed by atoms with Gasteiger partial charge in [-0.15, -0.1) is 0 Å². The highest BCUT2D eigenvalue weighted by Crippen LogP contribution is 2.28. The quantitative estimate of drug-likeness (QED) is 0.617. The number of nitrogens with zero attached hydrogens (tertiary/aromatic N) is 3. The Bertz CT molecular complexity index is 526. The molecule has 2 aromatic rings. The van der Waals surface area contributed by atoms with Crippen LogP contribution in [-0.2, 0) is 5.75 Å². The average Bonchev–Trinajstić information content (AvgIpc) is 2.83. The molecule has 0 bridgehead atoms. The van der Waals surface area contributed by atoms with E-state index >= 15 is 0 Å². The van der Waals surface area contributed by atoms with Gasteiger partial charge in [-0.05, 0) is 12.3 Å². The highest BCUT2D eigenvalue weighted by Gasteiger charge is 2.17. The molecule has 0 aliphatic heterocycles. The molecule has 6 heteroatoms. The molecule has 5 nitrogen and oxygen atoms in total. The lowest BCUT2D eigenvalue weighted by Gasteiger charge is -2.09. The Balaban J connectivity index is 2.58. The molecule has 1 heterocycles. The lowest BCUT2D eigenvalue weighted by molar-refractivity contribution is -0.385. The van der Waals surface area contributed by atoms with Gasteiger partial charge in [0.05, 0.1) is 22.5 Å². The summed E-state index contributed by atoms with van der Waals surface area (Å²) in [4.78, 5) is 14.6. The van der Waals surface area contributed by atoms with Gasteiger partial charge in [0.15, 0.2) is 0 Å². The number of nitro benzene ring substituents is 1. The maximum absolute atomic E-state index is 11.0. The third kappa shape index (κ3) is 2.31. The van der Waals surface area contributed by atoms with E-state index in [9.17, 15) is 10.1 Å². The van der Waals surface area contributed by atoms with E-state index in [1.807, 2.05) is 12.3 Å². The summed E-state index contributed by atoms with van der Waals surface area (Å²) in [5.41, 5.74) is 1.69. The Labute approximate surface area is 103 Å². The number of benzene rings is 1. The number of nitro groups is 1. The Morgan fingerprint density at radius 1 is 1.53 bits per heavy atom. The van der Waals surface area contributed by atoms with Gasteiger partial charge in [0, 0.05) is 24.2 Å². The maximum Gasteiger partial charge on any atom is 0.275 e. The first-order chi connectivity index (χ1) is 8.24. The van der Waals surface area contributed by atoms with Crippen LogP contribution in [0.15, 0.2) is 36.9 Å². The minimum absolute atomic E-state index is 0.158. The molecule has 0 N–H and O–H groups in total. The molecule has 0 amide bonds. The number of aromatic nitrogens is 2. The van der Waals surface area contributed by atoms with Gasteiger partial charge in [0.25, 0.3) is 5.69 Å². The van der Waals surface area contributed by atoms with Crippen LogP contribution in [0.5, 0.6) is 0 Å². The van der Waals surface area contributed by atoms with Gasteiger partial charge in [-0.3, -0.25) is 10.1 Å². The van der Waals surface area contributed by atoms with Crippen LogP contribution in [-0.4, -0.2) is 20.7 Å². The van der Waals surface area contributed by atoms with Crippen molar-refractivity contribution in [3.63, 3.8) is 0 Å². The van der Waals surface area contributed by atoms with Crippen LogP contribution in [0.2, 0.25) is 0 Å². The summed E-state index contributed by atoms with van der Waals surface area (Å²) >= 11 is 1.56. The normalized spacial score (nSPS) is 10.4. The topological polar surface area (TPSA) is 61.0 Å². The summed E-state index contributed by atoms with van der Waals surface area (Å²) in [7, 11) is 0. The van der Waals surface area contributed by atoms with Crippen LogP contribution in [0.1, 0.15) is 5.56 Å². The van der Waals surface area contributed by atoms with Gasteiger partial charge >= 0.3 is 0 Å². The highest BCUT2D eigenvalue weighted by molar-refractivity contribution is 7.97. The van der Waals surface area contributed by atoms with Gasteiger partial charge in [-0.25, -0.2) is 4.98 Å². The number of hydrogen-bond donors (Lipinski definition) is 0. The molecule has 0 radical (unpaired) electrons. The zero-order valence-corrected chi connectivity index (χ0v) is 10.1. The molecule has 88 valence electrons. The summed E-state index contributed by atoms with van der Waals surface area (Å²) < 4.78 is 1.79. The summed E-state index contributed by atoms with van der Waals surface area (Å²) in [5, 5.41) is 11.0. The maximum atomic E-state index is 11.0. The van der Waals surface area contributed by atoms with E-state index in [1.165, 1.54) is 6.07 Å². The van der Waals surface area contributed by atoms with Crippen molar-refractivity contribution < 1.29 is 4.92 Å². The number of hydrogen-bond acceptors (Lipinski definition) is 4. The van der Waals surface area contributed by atoms with Crippen LogP contribution in [0.4, 0.5) is 5.69 Å². The molecule has 0 aliphatic carbocycles. The van der Waals surface area contributed by atoms with Crippen molar-refractivity contribution in [1.82, 2.24) is 9.55 Å². The first-order valence-corrected chi connectivity index (χ1v) is 6.37. The smallest absolute Gasteiger partial charge is 0.275 e. The van der Waals surface area contributed by atoms with E-state index in [0.29, 0.717) is 5.75 Å². The average molecular weight is 249 g/mol. The second-order valence-corrected chi connectivity index (χ2v) is 4.30. The van der Waals surface area contributed by atoms with Crippen molar-refractivity contribution in [3.8, 4) is 5.69 Å². The van der Waals surface area contributed by atoms with Crippen LogP contribution in [0.3, 0.4) is 0 Å². The van der Waals surface area contributed by atoms with Crippen molar-refractivity contribution in [2.24, 2.45) is 0 Å². The fourth-order valence-corrected chi connectivity index (χ4v) is 2.25. The highest BCUT2D eigenvalue weighted by atomic mass is 32.2. The molecule has 0 aliphatic rings. The second kappa shape index (κ2) is 5.01. The van der Waals surface area contributed by atoms with Gasteiger partial charge < -0.3 is 4.57 Å². The molecule has 1 aromatic heterocycles. The zero-order chi connectivity index (χ0) is 12.3. The Morgan fingerprint density at radius 2 is 2.35 bits per heavy atom. The summed E-state index contributed by atoms with van der Waals surface area (Å²) in [5.74, 6) is 0.602. The molecule has 0 unspecified atom stereocenters. The van der Waals surface area contributed by atoms with E-state index in [4.69, 9.17) is 0 Å². The number of rotatable bonds is 4. The van der Waals surface area contributed by atoms with Gasteiger partial charge in [0.1, 0.15) is 0 Å². The number of imidazole rings is 1. The third-order valence-electron chi connectivity index (χ3n) is 2.39. The minimum atomic E-state index is -0.341. The van der Waals surface area contributed by atoms with Crippen molar-refractivity contribution in [1.29, 1.82) is 0 Å². The predicted molar refractivity (Wildman–Crippen MR) is 67.4 cm³/mol. The molecule has 0 saturated carbocycles. The van der Waals surface area contributed by atoms with E-state index in [0.717, 1.165) is 11.3 Å². The van der Waals surface area contributed by atoms with Crippen LogP contribution < -0.4 is 0 Å². The number of thioether (sulfide) groups is 1. The molecule has 0 spiro atoms. The van der Waals surface area contributed by atoms with Crippen molar-refractivity contribution >= 4 is 17.4 Å². The van der Waals surface area contributed by atoms with Gasteiger partial charge in [0.2, 0.25) is 0 Å². The molecular weight excluding hydrogens is 238 g/mol. The summed E-state index contributed by atoms with van der Waals surface area (Å²) in [6, 6.07) is 5.09. The van der Waals surface area contributed by atoms with E-state index in [2.05, 4.69) is 4.98 Å². The molecule has 0 fully saturated rings. The Morgan fingerprint density at radius 3 is 2.94 bits per heavy atom. The lowest BCUT2D eigenvalue weighted by atomic mass is 10.1. The standard InChI is InChI=1S/C11H11N3O2S/c1-17-7-9-10(13-6-5-12-8-13)3-2-4-11(9)14(15)16/h2-6,8H,7H2,1H3. The predicted octanol–water partition coefficient (Wildman–Crippen LogP) is 2.64. The summed E-state index contributed by atoms with van der Waals surface area (Å²) in [6.45, 7) is 0. The lowest BCUT2D eigenvalue weighted by Crippen LogP contribution is -2.01. The van der Waals surface area contributed by atoms with Crippen molar-refractivity contribution in [2.45, 2.75) is 5.75 Å². The molecule has 2 rings (SSSR count). The first kappa shape index (κ1) is 11.7. The van der Waals surface area contributed by atoms with Crippen molar-refractivity contribution in [2.75, 3.05) is 6.26 Å². The van der Waals surface area contributed by atoms with Crippen LogP contribution >= 0.6 is 11.8 Å². The summed E-state index contributed by atoms with van der Waals surface area (Å²) in [6.07, 6.45) is 7.00. The molecular formula is C11H11N3O2S. The monoisotopic (exact) mass is 249 g/mol. The SMILES string of the molecule is CSCc1c(-n2ccnc2)cccc1[N+](=O)[O-]. The second-order valence-electron chi connectivity index (χ2n) is 3.43. The molecule has 1 aromatic carbocycles. The van der Waals surface area contributed by atoms with Crippen LogP contribution in [0.25, 0.3) is 5.69 Å². The third-order valence-corrected chi connectivity index (χ3v) is 2.97. The van der Waals surface area contributed by atoms with Gasteiger partial charge in [-0.2, -0.15) is 11.8 Å². The van der Waals surface area contributed by atoms with Gasteiger partial charge in [-0.1, -0.05) is 6.07 Å².